The number of aromatic nitrogens is 15. The van der Waals surface area contributed by atoms with Gasteiger partial charge in [0.15, 0.2) is 17.1 Å². The lowest BCUT2D eigenvalue weighted by Crippen LogP contribution is -2.56. The molecule has 12 atom stereocenters. The molecule has 0 bridgehead atoms. The standard InChI is InChI=1S/C82H121F9N22O27/c83-80(84,85)59-35-62(95-53-47-135-56(41-114)73(126)70(53)123)101-76(98-59)138-44-50-38-111(108-105-50)20-26-132-32-29-129-23-17-92-65(117)11-14-79(104-68(120)9-7-5-3-1-2-4-6-8-10-69(121)122,15-12-66(118)93-18-24-130-30-33-133-27-21-112-39-51(106-109-112)45-139-77-99-60(81(86,87)88)36-63(102-77)96-54-48-136-57(42-115)74(127)71(54)124)16-13-67(119)94-19-25-131-31-34-134-28-22-113-40-52(107-110-113)46-140-78-100-61(82(89,90)91)37-64(103-78)97-55-49-137-58(43-116)75(128)72(55)125/h35-40,53-58,70-75,114-116,123-128H,1-34,41-49H2,(H,92,117)(H,93,118)(H,94,119)(H,104,120)(H,121,122)(H,95,98,101)(H,96,99,102)(H,97,100,103)/t53-,54-,55-,56+,57+,58+,70+,71+,72+,73-,74-,75-/m0/s1. The van der Waals surface area contributed by atoms with E-state index in [1.165, 1.54) is 32.6 Å². The minimum Gasteiger partial charge on any atom is -0.481 e. The predicted octanol–water partition coefficient (Wildman–Crippen LogP) is -0.666. The van der Waals surface area contributed by atoms with Crippen molar-refractivity contribution in [3.05, 3.63) is 71.0 Å². The highest BCUT2D eigenvalue weighted by Gasteiger charge is 2.44. The van der Waals surface area contributed by atoms with Crippen LogP contribution in [0.3, 0.4) is 0 Å². The number of carbonyl (C=O) groups is 5. The molecule has 0 unspecified atom stereocenters. The first-order valence-electron chi connectivity index (χ1n) is 45.3. The van der Waals surface area contributed by atoms with Crippen molar-refractivity contribution in [1.29, 1.82) is 0 Å². The molecule has 0 aromatic carbocycles. The van der Waals surface area contributed by atoms with Crippen LogP contribution in [0.15, 0.2) is 36.8 Å². The maximum atomic E-state index is 14.1. The van der Waals surface area contributed by atoms with Crippen LogP contribution in [0, 0.1) is 0 Å². The number of nitrogens with zero attached hydrogens (tertiary/aromatic N) is 15. The Labute approximate surface area is 794 Å². The van der Waals surface area contributed by atoms with Gasteiger partial charge in [0, 0.05) is 75.5 Å². The van der Waals surface area contributed by atoms with Crippen molar-refractivity contribution in [2.24, 2.45) is 0 Å². The van der Waals surface area contributed by atoms with E-state index in [-0.39, 0.29) is 213 Å². The third kappa shape index (κ3) is 39.7. The number of alkyl halides is 9. The van der Waals surface area contributed by atoms with Crippen molar-refractivity contribution in [1.82, 2.24) is 96.2 Å². The second kappa shape index (κ2) is 58.1. The van der Waals surface area contributed by atoms with Crippen LogP contribution in [0.2, 0.25) is 0 Å². The van der Waals surface area contributed by atoms with Crippen LogP contribution >= 0.6 is 0 Å². The fourth-order valence-corrected chi connectivity index (χ4v) is 14.3. The lowest BCUT2D eigenvalue weighted by atomic mass is 9.82. The number of amides is 4. The van der Waals surface area contributed by atoms with Gasteiger partial charge in [0.1, 0.15) is 109 Å². The molecule has 3 aliphatic heterocycles. The number of carboxylic acids is 1. The Balaban J connectivity index is 0.726. The van der Waals surface area contributed by atoms with Gasteiger partial charge in [-0.15, -0.1) is 15.3 Å². The average molecular weight is 2020 g/mol. The van der Waals surface area contributed by atoms with E-state index in [1.807, 2.05) is 0 Å². The molecule has 9 heterocycles. The van der Waals surface area contributed by atoms with E-state index in [1.54, 1.807) is 0 Å². The average Bonchev–Trinajstić information content (AvgIpc) is 0.842. The number of carbonyl (C=O) groups excluding carboxylic acids is 4. The summed E-state index contributed by atoms with van der Waals surface area (Å²) in [4.78, 5) is 88.5. The molecule has 0 radical (unpaired) electrons. The second-order valence-electron chi connectivity index (χ2n) is 32.7. The summed E-state index contributed by atoms with van der Waals surface area (Å²) in [6.45, 7) is -2.29. The number of aliphatic carboxylic acids is 1. The van der Waals surface area contributed by atoms with Crippen LogP contribution in [0.4, 0.5) is 57.0 Å². The molecule has 49 nitrogen and oxygen atoms in total. The molecular weight excluding hydrogens is 1900 g/mol. The molecule has 6 aromatic heterocycles. The zero-order chi connectivity index (χ0) is 101. The smallest absolute Gasteiger partial charge is 0.433 e. The topological polar surface area (TPSA) is 652 Å². The van der Waals surface area contributed by atoms with Gasteiger partial charge in [-0.3, -0.25) is 24.0 Å². The number of halogens is 9. The maximum Gasteiger partial charge on any atom is 0.433 e. The van der Waals surface area contributed by atoms with Gasteiger partial charge in [-0.25, -0.2) is 14.0 Å². The van der Waals surface area contributed by atoms with E-state index >= 15 is 0 Å². The van der Waals surface area contributed by atoms with Crippen LogP contribution < -0.4 is 51.4 Å². The Bertz CT molecular complexity index is 4290. The Morgan fingerprint density at radius 2 is 0.657 bits per heavy atom. The number of ether oxygens (including phenoxy) is 12. The highest BCUT2D eigenvalue weighted by atomic mass is 19.4. The van der Waals surface area contributed by atoms with Gasteiger partial charge in [-0.05, 0) is 32.1 Å². The molecule has 3 saturated heterocycles. The second-order valence-corrected chi connectivity index (χ2v) is 32.7. The highest BCUT2D eigenvalue weighted by Crippen LogP contribution is 2.36. The van der Waals surface area contributed by atoms with Crippen LogP contribution in [-0.2, 0) is 125 Å². The van der Waals surface area contributed by atoms with Gasteiger partial charge >= 0.3 is 42.5 Å². The number of nitrogens with one attached hydrogen (secondary N) is 7. The molecule has 6 aromatic rings. The van der Waals surface area contributed by atoms with E-state index in [4.69, 9.17) is 61.9 Å². The fraction of sp³-hybridized carbons (Fsp3) is 0.720. The predicted molar refractivity (Wildman–Crippen MR) is 459 cm³/mol. The zero-order valence-electron chi connectivity index (χ0n) is 76.3. The van der Waals surface area contributed by atoms with E-state index in [0.29, 0.717) is 37.5 Å². The van der Waals surface area contributed by atoms with Crippen molar-refractivity contribution < 1.29 is 171 Å². The summed E-state index contributed by atoms with van der Waals surface area (Å²) in [5, 5.41) is 143. The summed E-state index contributed by atoms with van der Waals surface area (Å²) in [6.07, 6.45) is -17.6. The molecule has 0 aliphatic carbocycles. The summed E-state index contributed by atoms with van der Waals surface area (Å²) in [7, 11) is 0. The number of rotatable bonds is 66. The summed E-state index contributed by atoms with van der Waals surface area (Å²) < 4.78 is 196. The lowest BCUT2D eigenvalue weighted by molar-refractivity contribution is -0.152. The van der Waals surface area contributed by atoms with Crippen LogP contribution in [0.1, 0.15) is 137 Å². The number of carboxylic acid groups (broad SMARTS) is 1. The molecule has 3 fully saturated rings. The van der Waals surface area contributed by atoms with Crippen molar-refractivity contribution in [3.8, 4) is 18.0 Å². The number of hydrogen-bond acceptors (Lipinski definition) is 41. The van der Waals surface area contributed by atoms with Crippen molar-refractivity contribution in [2.45, 2.75) is 239 Å². The van der Waals surface area contributed by atoms with Gasteiger partial charge < -0.3 is 145 Å². The third-order valence-electron chi connectivity index (χ3n) is 21.9. The Kier molecular flexibility index (Phi) is 47.0. The van der Waals surface area contributed by atoms with Crippen LogP contribution in [-0.4, -0.2) is 373 Å². The SMILES string of the molecule is O=C(O)CCCCCCCCCCC(=O)NC(CCC(=O)NCCOCCOCCn1cc(COc2nc(N[C@H]3CO[C@H](CO)[C@H](O)[C@@H]3O)cc(C(F)(F)F)n2)nn1)(CCC(=O)NCCOCCOCCn1cc(COc2nc(N[C@H]3CO[C@H](CO)[C@H](O)[C@@H]3O)cc(C(F)(F)F)n2)nn1)CCC(=O)NCCOCCOCCn1cc(COc2nc(N[C@H]3CO[C@H](CO)[C@H](O)[C@@H]3O)cc(C(F)(F)F)n2)nn1. The Hall–Kier alpha value is -10.5. The quantitative estimate of drug-likeness (QED) is 0.0166. The van der Waals surface area contributed by atoms with Crippen molar-refractivity contribution >= 4 is 47.1 Å². The summed E-state index contributed by atoms with van der Waals surface area (Å²) in [5.74, 6) is -3.81. The van der Waals surface area contributed by atoms with Crippen LogP contribution in [0.5, 0.6) is 18.0 Å². The molecule has 3 aliphatic rings. The molecular formula is C82H121F9N22O27. The third-order valence-corrected chi connectivity index (χ3v) is 21.9. The zero-order valence-corrected chi connectivity index (χ0v) is 76.3. The van der Waals surface area contributed by atoms with E-state index in [9.17, 15) is 109 Å². The fourth-order valence-electron chi connectivity index (χ4n) is 14.3. The molecule has 17 N–H and O–H groups in total. The number of anilines is 3. The monoisotopic (exact) mass is 2020 g/mol. The molecule has 0 spiro atoms. The molecule has 9 rings (SSSR count). The van der Waals surface area contributed by atoms with Gasteiger partial charge in [-0.2, -0.15) is 69.4 Å². The van der Waals surface area contributed by atoms with Gasteiger partial charge in [0.05, 0.1) is 175 Å². The van der Waals surface area contributed by atoms with E-state index in [0.717, 1.165) is 32.1 Å². The van der Waals surface area contributed by atoms with Crippen LogP contribution in [0.25, 0.3) is 0 Å². The lowest BCUT2D eigenvalue weighted by Gasteiger charge is -2.37. The minimum absolute atomic E-state index is 0.0309. The summed E-state index contributed by atoms with van der Waals surface area (Å²) in [5.41, 5.74) is -4.89. The first-order valence-corrected chi connectivity index (χ1v) is 45.3. The Morgan fingerprint density at radius 1 is 0.371 bits per heavy atom. The number of unbranched alkanes of at least 4 members (excludes halogenated alkanes) is 7. The first kappa shape index (κ1) is 113. The number of aliphatic hydroxyl groups excluding tert-OH is 9. The molecule has 58 heteroatoms. The Morgan fingerprint density at radius 3 is 0.943 bits per heavy atom. The first-order chi connectivity index (χ1) is 67.0. The van der Waals surface area contributed by atoms with E-state index in [2.05, 4.69) is 98.1 Å². The van der Waals surface area contributed by atoms with Crippen molar-refractivity contribution in [3.63, 3.8) is 0 Å². The van der Waals surface area contributed by atoms with Gasteiger partial charge in [0.25, 0.3) is 0 Å². The molecule has 140 heavy (non-hydrogen) atoms. The van der Waals surface area contributed by atoms with Crippen molar-refractivity contribution in [2.75, 3.05) is 155 Å². The van der Waals surface area contributed by atoms with Gasteiger partial charge in [-0.1, -0.05) is 54.2 Å². The number of hydrogen-bond donors (Lipinski definition) is 17. The molecule has 4 amide bonds. The minimum atomic E-state index is -4.93. The largest absolute Gasteiger partial charge is 0.481 e. The molecule has 784 valence electrons. The van der Waals surface area contributed by atoms with E-state index < -0.39 is 213 Å². The van der Waals surface area contributed by atoms with Gasteiger partial charge in [0.2, 0.25) is 23.6 Å². The molecule has 0 saturated carbocycles. The summed E-state index contributed by atoms with van der Waals surface area (Å²) >= 11 is 0. The maximum absolute atomic E-state index is 14.1. The number of aliphatic hydroxyl groups is 9. The highest BCUT2D eigenvalue weighted by molar-refractivity contribution is 5.80. The normalized spacial score (nSPS) is 20.2. The summed E-state index contributed by atoms with van der Waals surface area (Å²) in [6, 6.07) is -3.69.